The average molecular weight is 409 g/mol. The summed E-state index contributed by atoms with van der Waals surface area (Å²) in [6, 6.07) is 21.5. The number of nitrogens with zero attached hydrogens (tertiary/aromatic N) is 1. The summed E-state index contributed by atoms with van der Waals surface area (Å²) in [7, 11) is 0. The SMILES string of the molecule is O=C(Oc1cccc(/C=N\NC(=O)[C@H](O)c2ccccc2)c1)c1ccc(Cl)cc1. The third kappa shape index (κ3) is 5.75. The van der Waals surface area contributed by atoms with Gasteiger partial charge in [-0.3, -0.25) is 4.79 Å². The number of hydrogen-bond acceptors (Lipinski definition) is 5. The van der Waals surface area contributed by atoms with E-state index in [1.807, 2.05) is 0 Å². The summed E-state index contributed by atoms with van der Waals surface area (Å²) in [5.74, 6) is -0.850. The maximum atomic E-state index is 12.2. The zero-order valence-electron chi connectivity index (χ0n) is 15.2. The van der Waals surface area contributed by atoms with Crippen molar-refractivity contribution >= 4 is 29.7 Å². The van der Waals surface area contributed by atoms with E-state index in [0.29, 0.717) is 27.5 Å². The molecule has 0 unspecified atom stereocenters. The molecule has 0 spiro atoms. The van der Waals surface area contributed by atoms with Gasteiger partial charge >= 0.3 is 5.97 Å². The molecule has 1 atom stereocenters. The number of halogens is 1. The lowest BCUT2D eigenvalue weighted by Crippen LogP contribution is -2.25. The van der Waals surface area contributed by atoms with Gasteiger partial charge in [-0.25, -0.2) is 10.2 Å². The van der Waals surface area contributed by atoms with Gasteiger partial charge in [-0.05, 0) is 47.5 Å². The maximum Gasteiger partial charge on any atom is 0.343 e. The van der Waals surface area contributed by atoms with E-state index in [1.165, 1.54) is 6.21 Å². The van der Waals surface area contributed by atoms with Crippen molar-refractivity contribution in [3.8, 4) is 5.75 Å². The first-order chi connectivity index (χ1) is 14.0. The fourth-order valence-electron chi connectivity index (χ4n) is 2.43. The van der Waals surface area contributed by atoms with Gasteiger partial charge in [0.05, 0.1) is 11.8 Å². The van der Waals surface area contributed by atoms with Crippen LogP contribution in [0.2, 0.25) is 5.02 Å². The zero-order chi connectivity index (χ0) is 20.6. The second kappa shape index (κ2) is 9.64. The molecule has 2 N–H and O–H groups in total. The molecule has 0 aliphatic heterocycles. The molecule has 7 heteroatoms. The fraction of sp³-hybridized carbons (Fsp3) is 0.0455. The number of aliphatic hydroxyl groups excluding tert-OH is 1. The Bertz CT molecular complexity index is 1020. The molecule has 3 aromatic rings. The number of hydrogen-bond donors (Lipinski definition) is 2. The third-order valence-corrected chi connectivity index (χ3v) is 4.15. The molecule has 29 heavy (non-hydrogen) atoms. The van der Waals surface area contributed by atoms with Gasteiger partial charge in [0.2, 0.25) is 0 Å². The normalized spacial score (nSPS) is 11.8. The van der Waals surface area contributed by atoms with E-state index in [2.05, 4.69) is 10.5 Å². The zero-order valence-corrected chi connectivity index (χ0v) is 15.9. The number of carbonyl (C=O) groups is 2. The van der Waals surface area contributed by atoms with Crippen molar-refractivity contribution in [3.05, 3.63) is 101 Å². The number of hydrazone groups is 1. The van der Waals surface area contributed by atoms with E-state index < -0.39 is 18.0 Å². The molecule has 0 aromatic heterocycles. The first-order valence-electron chi connectivity index (χ1n) is 8.66. The van der Waals surface area contributed by atoms with Crippen LogP contribution in [0.4, 0.5) is 0 Å². The van der Waals surface area contributed by atoms with Crippen LogP contribution in [-0.4, -0.2) is 23.2 Å². The average Bonchev–Trinajstić information content (AvgIpc) is 2.74. The van der Waals surface area contributed by atoms with Gasteiger partial charge in [-0.15, -0.1) is 0 Å². The van der Waals surface area contributed by atoms with Crippen LogP contribution in [0, 0.1) is 0 Å². The minimum atomic E-state index is -1.32. The largest absolute Gasteiger partial charge is 0.423 e. The quantitative estimate of drug-likeness (QED) is 0.281. The lowest BCUT2D eigenvalue weighted by atomic mass is 10.1. The monoisotopic (exact) mass is 408 g/mol. The lowest BCUT2D eigenvalue weighted by molar-refractivity contribution is -0.129. The molecule has 1 amide bonds. The molecule has 0 heterocycles. The summed E-state index contributed by atoms with van der Waals surface area (Å²) in [5.41, 5.74) is 3.72. The van der Waals surface area contributed by atoms with E-state index in [9.17, 15) is 14.7 Å². The molecule has 3 aromatic carbocycles. The Morgan fingerprint density at radius 1 is 1.00 bits per heavy atom. The molecule has 0 aliphatic carbocycles. The number of benzene rings is 3. The Morgan fingerprint density at radius 3 is 2.45 bits per heavy atom. The van der Waals surface area contributed by atoms with Crippen LogP contribution in [0.3, 0.4) is 0 Å². The van der Waals surface area contributed by atoms with Gasteiger partial charge in [0, 0.05) is 5.02 Å². The first-order valence-corrected chi connectivity index (χ1v) is 9.04. The Kier molecular flexibility index (Phi) is 6.73. The summed E-state index contributed by atoms with van der Waals surface area (Å²) >= 11 is 5.81. The molecular weight excluding hydrogens is 392 g/mol. The standard InChI is InChI=1S/C22H17ClN2O4/c23-18-11-9-17(10-12-18)22(28)29-19-8-4-5-15(13-19)14-24-25-21(27)20(26)16-6-2-1-3-7-16/h1-14,20,26H,(H,25,27)/b24-14-/t20-/m1/s1. The topological polar surface area (TPSA) is 88.0 Å². The van der Waals surface area contributed by atoms with E-state index >= 15 is 0 Å². The molecule has 3 rings (SSSR count). The fourth-order valence-corrected chi connectivity index (χ4v) is 2.55. The van der Waals surface area contributed by atoms with E-state index in [4.69, 9.17) is 16.3 Å². The highest BCUT2D eigenvalue weighted by Gasteiger charge is 2.16. The number of esters is 1. The smallest absolute Gasteiger partial charge is 0.343 e. The number of amides is 1. The van der Waals surface area contributed by atoms with Crippen molar-refractivity contribution in [2.45, 2.75) is 6.10 Å². The van der Waals surface area contributed by atoms with E-state index in [0.717, 1.165) is 0 Å². The summed E-state index contributed by atoms with van der Waals surface area (Å²) in [6.07, 6.45) is 0.0647. The van der Waals surface area contributed by atoms with Gasteiger partial charge in [0.25, 0.3) is 5.91 Å². The molecule has 0 fully saturated rings. The molecular formula is C22H17ClN2O4. The van der Waals surface area contributed by atoms with Crippen molar-refractivity contribution in [2.75, 3.05) is 0 Å². The van der Waals surface area contributed by atoms with E-state index in [1.54, 1.807) is 78.9 Å². The minimum Gasteiger partial charge on any atom is -0.423 e. The van der Waals surface area contributed by atoms with Gasteiger partial charge in [0.1, 0.15) is 5.75 Å². The highest BCUT2D eigenvalue weighted by atomic mass is 35.5. The predicted molar refractivity (Wildman–Crippen MR) is 110 cm³/mol. The highest BCUT2D eigenvalue weighted by molar-refractivity contribution is 6.30. The summed E-state index contributed by atoms with van der Waals surface area (Å²) in [6.45, 7) is 0. The van der Waals surface area contributed by atoms with Crippen molar-refractivity contribution in [1.82, 2.24) is 5.43 Å². The van der Waals surface area contributed by atoms with Crippen LogP contribution >= 0.6 is 11.6 Å². The molecule has 0 saturated heterocycles. The van der Waals surface area contributed by atoms with Crippen LogP contribution in [0.1, 0.15) is 27.6 Å². The van der Waals surface area contributed by atoms with Crippen LogP contribution in [-0.2, 0) is 4.79 Å². The van der Waals surface area contributed by atoms with Crippen LogP contribution in [0.25, 0.3) is 0 Å². The minimum absolute atomic E-state index is 0.324. The van der Waals surface area contributed by atoms with Gasteiger partial charge in [0.15, 0.2) is 6.10 Å². The Balaban J connectivity index is 1.60. The molecule has 0 aliphatic rings. The number of carbonyl (C=O) groups excluding carboxylic acids is 2. The molecule has 0 radical (unpaired) electrons. The van der Waals surface area contributed by atoms with Crippen molar-refractivity contribution in [3.63, 3.8) is 0 Å². The van der Waals surface area contributed by atoms with Gasteiger partial charge in [-0.1, -0.05) is 54.1 Å². The third-order valence-electron chi connectivity index (χ3n) is 3.90. The lowest BCUT2D eigenvalue weighted by Gasteiger charge is -2.08. The first kappa shape index (κ1) is 20.3. The number of aliphatic hydroxyl groups is 1. The van der Waals surface area contributed by atoms with Crippen LogP contribution < -0.4 is 10.2 Å². The van der Waals surface area contributed by atoms with Crippen LogP contribution in [0.5, 0.6) is 5.75 Å². The Hall–Kier alpha value is -3.48. The summed E-state index contributed by atoms with van der Waals surface area (Å²) in [4.78, 5) is 24.1. The second-order valence-corrected chi connectivity index (χ2v) is 6.45. The molecule has 0 saturated carbocycles. The summed E-state index contributed by atoms with van der Waals surface area (Å²) < 4.78 is 5.33. The predicted octanol–water partition coefficient (Wildman–Crippen LogP) is 3.74. The van der Waals surface area contributed by atoms with Gasteiger partial charge in [-0.2, -0.15) is 5.10 Å². The van der Waals surface area contributed by atoms with Gasteiger partial charge < -0.3 is 9.84 Å². The maximum absolute atomic E-state index is 12.2. The molecule has 0 bridgehead atoms. The number of ether oxygens (including phenoxy) is 1. The number of nitrogens with one attached hydrogen (secondary N) is 1. The van der Waals surface area contributed by atoms with Crippen molar-refractivity contribution in [1.29, 1.82) is 0 Å². The highest BCUT2D eigenvalue weighted by Crippen LogP contribution is 2.16. The van der Waals surface area contributed by atoms with Crippen LogP contribution in [0.15, 0.2) is 84.0 Å². The second-order valence-electron chi connectivity index (χ2n) is 6.02. The van der Waals surface area contributed by atoms with Crippen molar-refractivity contribution < 1.29 is 19.4 Å². The van der Waals surface area contributed by atoms with E-state index in [-0.39, 0.29) is 0 Å². The Morgan fingerprint density at radius 2 is 1.72 bits per heavy atom. The Labute approximate surface area is 172 Å². The molecule has 6 nitrogen and oxygen atoms in total. The van der Waals surface area contributed by atoms with Crippen molar-refractivity contribution in [2.24, 2.45) is 5.10 Å². The molecule has 146 valence electrons. The summed E-state index contributed by atoms with van der Waals surface area (Å²) in [5, 5.41) is 14.4. The number of rotatable bonds is 6.